The average Bonchev–Trinajstić information content (AvgIpc) is 2.76. The fourth-order valence-corrected chi connectivity index (χ4v) is 3.45. The van der Waals surface area contributed by atoms with Gasteiger partial charge in [-0.15, -0.1) is 0 Å². The second-order valence-electron chi connectivity index (χ2n) is 7.59. The summed E-state index contributed by atoms with van der Waals surface area (Å²) < 4.78 is 66.6. The Kier molecular flexibility index (Phi) is 6.88. The van der Waals surface area contributed by atoms with Crippen molar-refractivity contribution in [2.45, 2.75) is 37.8 Å². The first-order valence-corrected chi connectivity index (χ1v) is 9.95. The largest absolute Gasteiger partial charge is 0.497 e. The number of alkyl halides is 3. The van der Waals surface area contributed by atoms with E-state index in [2.05, 4.69) is 0 Å². The minimum atomic E-state index is -4.41. The summed E-state index contributed by atoms with van der Waals surface area (Å²) in [7, 11) is 1.47. The first kappa shape index (κ1) is 22.7. The van der Waals surface area contributed by atoms with Crippen LogP contribution in [0.3, 0.4) is 0 Å². The van der Waals surface area contributed by atoms with Gasteiger partial charge in [-0.05, 0) is 73.7 Å². The number of rotatable bonds is 8. The molecule has 0 aliphatic heterocycles. The number of para-hydroxylation sites is 1. The minimum absolute atomic E-state index is 0.0532. The standard InChI is InChI=1S/C25H24F4O2/c1-24(25(27,28)29,19-11-13-20(30-2)14-12-19)16-6-7-18-10-15-22(26)23(17-18)31-21-8-4-3-5-9-21/h3-5,8-15,17H,6-7,16H2,1-2H3. The molecule has 0 fully saturated rings. The van der Waals surface area contributed by atoms with Crippen molar-refractivity contribution in [2.24, 2.45) is 0 Å². The summed E-state index contributed by atoms with van der Waals surface area (Å²) in [5, 5.41) is 0. The van der Waals surface area contributed by atoms with Crippen molar-refractivity contribution >= 4 is 0 Å². The fraction of sp³-hybridized carbons (Fsp3) is 0.280. The van der Waals surface area contributed by atoms with E-state index in [0.717, 1.165) is 0 Å². The third kappa shape index (κ3) is 5.37. The molecule has 0 aromatic heterocycles. The Morgan fingerprint density at radius 2 is 1.52 bits per heavy atom. The SMILES string of the molecule is COc1ccc(C(C)(CCCc2ccc(F)c(Oc3ccccc3)c2)C(F)(F)F)cc1. The van der Waals surface area contributed by atoms with Gasteiger partial charge in [0.25, 0.3) is 0 Å². The smallest absolute Gasteiger partial charge is 0.398 e. The van der Waals surface area contributed by atoms with E-state index in [9.17, 15) is 17.6 Å². The zero-order chi connectivity index (χ0) is 22.5. The van der Waals surface area contributed by atoms with E-state index in [1.54, 1.807) is 36.4 Å². The van der Waals surface area contributed by atoms with Crippen LogP contribution in [0, 0.1) is 5.82 Å². The summed E-state index contributed by atoms with van der Waals surface area (Å²) >= 11 is 0. The molecule has 6 heteroatoms. The molecule has 0 saturated heterocycles. The van der Waals surface area contributed by atoms with Gasteiger partial charge < -0.3 is 9.47 Å². The summed E-state index contributed by atoms with van der Waals surface area (Å²) in [6.07, 6.45) is -3.87. The number of hydrogen-bond donors (Lipinski definition) is 0. The molecule has 1 unspecified atom stereocenters. The van der Waals surface area contributed by atoms with Crippen LogP contribution in [-0.4, -0.2) is 13.3 Å². The lowest BCUT2D eigenvalue weighted by atomic mass is 9.77. The lowest BCUT2D eigenvalue weighted by molar-refractivity contribution is -0.188. The normalized spacial score (nSPS) is 13.5. The van der Waals surface area contributed by atoms with Crippen LogP contribution < -0.4 is 9.47 Å². The molecule has 3 aromatic carbocycles. The van der Waals surface area contributed by atoms with E-state index in [0.29, 0.717) is 23.5 Å². The molecular formula is C25H24F4O2. The Morgan fingerprint density at radius 3 is 2.13 bits per heavy atom. The monoisotopic (exact) mass is 432 g/mol. The van der Waals surface area contributed by atoms with Crippen LogP contribution in [0.1, 0.15) is 30.9 Å². The molecule has 0 N–H and O–H groups in total. The quantitative estimate of drug-likeness (QED) is 0.344. The van der Waals surface area contributed by atoms with Crippen molar-refractivity contribution in [3.63, 3.8) is 0 Å². The maximum Gasteiger partial charge on any atom is 0.398 e. The molecule has 0 heterocycles. The third-order valence-corrected chi connectivity index (χ3v) is 5.46. The molecule has 0 radical (unpaired) electrons. The lowest BCUT2D eigenvalue weighted by Crippen LogP contribution is -2.39. The van der Waals surface area contributed by atoms with Crippen LogP contribution in [0.15, 0.2) is 72.8 Å². The zero-order valence-corrected chi connectivity index (χ0v) is 17.4. The van der Waals surface area contributed by atoms with E-state index in [-0.39, 0.29) is 24.2 Å². The van der Waals surface area contributed by atoms with Crippen molar-refractivity contribution in [3.8, 4) is 17.2 Å². The van der Waals surface area contributed by atoms with Crippen LogP contribution in [-0.2, 0) is 11.8 Å². The summed E-state index contributed by atoms with van der Waals surface area (Å²) in [5.41, 5.74) is -1.09. The highest BCUT2D eigenvalue weighted by atomic mass is 19.4. The number of halogens is 4. The minimum Gasteiger partial charge on any atom is -0.497 e. The maximum absolute atomic E-state index is 14.1. The van der Waals surface area contributed by atoms with Gasteiger partial charge in [0.1, 0.15) is 11.5 Å². The molecule has 31 heavy (non-hydrogen) atoms. The number of methoxy groups -OCH3 is 1. The van der Waals surface area contributed by atoms with Gasteiger partial charge in [-0.3, -0.25) is 0 Å². The first-order chi connectivity index (χ1) is 14.7. The zero-order valence-electron chi connectivity index (χ0n) is 17.4. The third-order valence-electron chi connectivity index (χ3n) is 5.46. The predicted octanol–water partition coefficient (Wildman–Crippen LogP) is 7.47. The molecule has 3 rings (SSSR count). The van der Waals surface area contributed by atoms with Crippen LogP contribution >= 0.6 is 0 Å². The summed E-state index contributed by atoms with van der Waals surface area (Å²) in [6, 6.07) is 19.1. The summed E-state index contributed by atoms with van der Waals surface area (Å²) in [5.74, 6) is 0.525. The van der Waals surface area contributed by atoms with Crippen molar-refractivity contribution in [1.82, 2.24) is 0 Å². The number of benzene rings is 3. The van der Waals surface area contributed by atoms with Crippen LogP contribution in [0.4, 0.5) is 17.6 Å². The number of aryl methyl sites for hydroxylation is 1. The van der Waals surface area contributed by atoms with Crippen molar-refractivity contribution in [2.75, 3.05) is 7.11 Å². The average molecular weight is 432 g/mol. The van der Waals surface area contributed by atoms with Crippen LogP contribution in [0.2, 0.25) is 0 Å². The predicted molar refractivity (Wildman–Crippen MR) is 112 cm³/mol. The molecule has 164 valence electrons. The Balaban J connectivity index is 1.72. The van der Waals surface area contributed by atoms with Crippen LogP contribution in [0.5, 0.6) is 17.2 Å². The molecule has 0 spiro atoms. The second-order valence-corrected chi connectivity index (χ2v) is 7.59. The van der Waals surface area contributed by atoms with E-state index in [1.807, 2.05) is 6.07 Å². The van der Waals surface area contributed by atoms with Gasteiger partial charge in [0.05, 0.1) is 12.5 Å². The Labute approximate surface area is 179 Å². The Hall–Kier alpha value is -3.02. The molecular weight excluding hydrogens is 408 g/mol. The van der Waals surface area contributed by atoms with E-state index < -0.39 is 17.4 Å². The lowest BCUT2D eigenvalue weighted by Gasteiger charge is -2.33. The van der Waals surface area contributed by atoms with Crippen molar-refractivity contribution < 1.29 is 27.0 Å². The molecule has 2 nitrogen and oxygen atoms in total. The highest BCUT2D eigenvalue weighted by Gasteiger charge is 2.51. The first-order valence-electron chi connectivity index (χ1n) is 9.95. The second kappa shape index (κ2) is 9.41. The topological polar surface area (TPSA) is 18.5 Å². The van der Waals surface area contributed by atoms with Crippen molar-refractivity contribution in [1.29, 1.82) is 0 Å². The van der Waals surface area contributed by atoms with Crippen molar-refractivity contribution in [3.05, 3.63) is 89.7 Å². The van der Waals surface area contributed by atoms with Gasteiger partial charge in [-0.1, -0.05) is 36.4 Å². The van der Waals surface area contributed by atoms with Gasteiger partial charge >= 0.3 is 6.18 Å². The summed E-state index contributed by atoms with van der Waals surface area (Å²) in [4.78, 5) is 0. The fourth-order valence-electron chi connectivity index (χ4n) is 3.45. The Morgan fingerprint density at radius 1 is 0.839 bits per heavy atom. The van der Waals surface area contributed by atoms with Crippen LogP contribution in [0.25, 0.3) is 0 Å². The Bertz CT molecular complexity index is 985. The van der Waals surface area contributed by atoms with Gasteiger partial charge in [-0.2, -0.15) is 13.2 Å². The van der Waals surface area contributed by atoms with E-state index in [1.165, 1.54) is 44.4 Å². The van der Waals surface area contributed by atoms with Gasteiger partial charge in [0.2, 0.25) is 0 Å². The summed E-state index contributed by atoms with van der Waals surface area (Å²) in [6.45, 7) is 1.21. The number of ether oxygens (including phenoxy) is 2. The highest BCUT2D eigenvalue weighted by Crippen LogP contribution is 2.45. The molecule has 3 aromatic rings. The highest BCUT2D eigenvalue weighted by molar-refractivity contribution is 5.36. The van der Waals surface area contributed by atoms with Gasteiger partial charge in [0, 0.05) is 0 Å². The molecule has 0 aliphatic rings. The maximum atomic E-state index is 14.1. The van der Waals surface area contributed by atoms with E-state index in [4.69, 9.17) is 9.47 Å². The van der Waals surface area contributed by atoms with Gasteiger partial charge in [0.15, 0.2) is 11.6 Å². The van der Waals surface area contributed by atoms with Gasteiger partial charge in [-0.25, -0.2) is 4.39 Å². The molecule has 0 amide bonds. The molecule has 0 aliphatic carbocycles. The molecule has 0 bridgehead atoms. The molecule has 0 saturated carbocycles. The van der Waals surface area contributed by atoms with E-state index >= 15 is 0 Å². The molecule has 1 atom stereocenters. The number of hydrogen-bond acceptors (Lipinski definition) is 2.